The number of H-pyrrole nitrogens is 1. The summed E-state index contributed by atoms with van der Waals surface area (Å²) in [5.74, 6) is 1.54. The Kier molecular flexibility index (Phi) is 3.21. The average Bonchev–Trinajstić information content (AvgIpc) is 2.83. The van der Waals surface area contributed by atoms with Crippen molar-refractivity contribution in [2.75, 3.05) is 7.11 Å². The van der Waals surface area contributed by atoms with Gasteiger partial charge in [0.25, 0.3) is 0 Å². The third-order valence-electron chi connectivity index (χ3n) is 2.87. The van der Waals surface area contributed by atoms with Gasteiger partial charge in [-0.1, -0.05) is 27.5 Å². The van der Waals surface area contributed by atoms with Crippen LogP contribution in [-0.2, 0) is 0 Å². The van der Waals surface area contributed by atoms with E-state index in [1.54, 1.807) is 7.11 Å². The lowest BCUT2D eigenvalue weighted by molar-refractivity contribution is 0.415. The highest BCUT2D eigenvalue weighted by atomic mass is 79.9. The molecule has 0 aliphatic rings. The average molecular weight is 338 g/mol. The van der Waals surface area contributed by atoms with Crippen molar-refractivity contribution in [2.45, 2.75) is 0 Å². The standard InChI is InChI=1S/C14H10BrClN2O/c1-19-9-3-5-12-13(7-9)18-14(17-12)10-6-8(15)2-4-11(10)16/h2-7H,1H3,(H,17,18). The second kappa shape index (κ2) is 4.87. The SMILES string of the molecule is COc1ccc2nc(-c3cc(Br)ccc3Cl)[nH]c2c1. The molecule has 0 radical (unpaired) electrons. The molecule has 0 spiro atoms. The van der Waals surface area contributed by atoms with E-state index >= 15 is 0 Å². The summed E-state index contributed by atoms with van der Waals surface area (Å²) in [4.78, 5) is 7.80. The summed E-state index contributed by atoms with van der Waals surface area (Å²) >= 11 is 9.65. The van der Waals surface area contributed by atoms with E-state index in [4.69, 9.17) is 16.3 Å². The first-order valence-corrected chi connectivity index (χ1v) is 6.83. The Balaban J connectivity index is 2.17. The third-order valence-corrected chi connectivity index (χ3v) is 3.70. The van der Waals surface area contributed by atoms with Crippen LogP contribution in [0, 0.1) is 0 Å². The van der Waals surface area contributed by atoms with Crippen LogP contribution in [0.3, 0.4) is 0 Å². The summed E-state index contributed by atoms with van der Waals surface area (Å²) in [6, 6.07) is 11.4. The second-order valence-corrected chi connectivity index (χ2v) is 5.42. The Morgan fingerprint density at radius 2 is 2.05 bits per heavy atom. The van der Waals surface area contributed by atoms with E-state index in [1.807, 2.05) is 36.4 Å². The van der Waals surface area contributed by atoms with Crippen LogP contribution in [0.4, 0.5) is 0 Å². The molecule has 0 aliphatic carbocycles. The molecule has 0 saturated carbocycles. The molecule has 0 fully saturated rings. The molecule has 3 aromatic rings. The maximum atomic E-state index is 6.21. The van der Waals surface area contributed by atoms with Crippen LogP contribution in [0.15, 0.2) is 40.9 Å². The van der Waals surface area contributed by atoms with Gasteiger partial charge in [0, 0.05) is 16.1 Å². The van der Waals surface area contributed by atoms with Gasteiger partial charge >= 0.3 is 0 Å². The number of methoxy groups -OCH3 is 1. The Labute approximate surface area is 123 Å². The van der Waals surface area contributed by atoms with Crippen molar-refractivity contribution < 1.29 is 4.74 Å². The van der Waals surface area contributed by atoms with Gasteiger partial charge in [-0.25, -0.2) is 4.98 Å². The predicted octanol–water partition coefficient (Wildman–Crippen LogP) is 4.65. The van der Waals surface area contributed by atoms with E-state index in [-0.39, 0.29) is 0 Å². The molecule has 0 aliphatic heterocycles. The molecule has 2 aromatic carbocycles. The van der Waals surface area contributed by atoms with Crippen molar-refractivity contribution >= 4 is 38.6 Å². The van der Waals surface area contributed by atoms with E-state index < -0.39 is 0 Å². The number of fused-ring (bicyclic) bond motifs is 1. The number of hydrogen-bond donors (Lipinski definition) is 1. The quantitative estimate of drug-likeness (QED) is 0.739. The van der Waals surface area contributed by atoms with Crippen LogP contribution in [0.25, 0.3) is 22.4 Å². The number of aromatic amines is 1. The summed E-state index contributed by atoms with van der Waals surface area (Å²) in [5.41, 5.74) is 2.67. The van der Waals surface area contributed by atoms with Gasteiger partial charge in [0.2, 0.25) is 0 Å². The topological polar surface area (TPSA) is 37.9 Å². The number of aromatic nitrogens is 2. The molecular weight excluding hydrogens is 328 g/mol. The first-order valence-electron chi connectivity index (χ1n) is 5.66. The van der Waals surface area contributed by atoms with Crippen LogP contribution in [0.2, 0.25) is 5.02 Å². The summed E-state index contributed by atoms with van der Waals surface area (Å²) in [6.45, 7) is 0. The third kappa shape index (κ3) is 2.33. The van der Waals surface area contributed by atoms with Crippen molar-refractivity contribution in [3.8, 4) is 17.1 Å². The molecule has 1 aromatic heterocycles. The van der Waals surface area contributed by atoms with Gasteiger partial charge in [-0.05, 0) is 30.3 Å². The van der Waals surface area contributed by atoms with Crippen molar-refractivity contribution in [1.29, 1.82) is 0 Å². The fourth-order valence-corrected chi connectivity index (χ4v) is 2.49. The van der Waals surface area contributed by atoms with Crippen LogP contribution >= 0.6 is 27.5 Å². The Hall–Kier alpha value is -1.52. The van der Waals surface area contributed by atoms with Gasteiger partial charge in [-0.3, -0.25) is 0 Å². The van der Waals surface area contributed by atoms with Crippen LogP contribution in [0.5, 0.6) is 5.75 Å². The largest absolute Gasteiger partial charge is 0.497 e. The zero-order valence-electron chi connectivity index (χ0n) is 10.1. The molecule has 96 valence electrons. The maximum Gasteiger partial charge on any atom is 0.140 e. The molecule has 19 heavy (non-hydrogen) atoms. The number of nitrogens with zero attached hydrogens (tertiary/aromatic N) is 1. The number of benzene rings is 2. The van der Waals surface area contributed by atoms with Gasteiger partial charge in [-0.15, -0.1) is 0 Å². The minimum absolute atomic E-state index is 0.661. The first kappa shape index (κ1) is 12.5. The van der Waals surface area contributed by atoms with E-state index in [0.717, 1.165) is 32.6 Å². The van der Waals surface area contributed by atoms with Gasteiger partial charge in [0.15, 0.2) is 0 Å². The van der Waals surface area contributed by atoms with E-state index in [2.05, 4.69) is 25.9 Å². The lowest BCUT2D eigenvalue weighted by Gasteiger charge is -2.00. The summed E-state index contributed by atoms with van der Waals surface area (Å²) in [7, 11) is 1.64. The van der Waals surface area contributed by atoms with Crippen molar-refractivity contribution in [2.24, 2.45) is 0 Å². The van der Waals surface area contributed by atoms with Gasteiger partial charge in [0.05, 0.1) is 23.2 Å². The zero-order chi connectivity index (χ0) is 13.4. The molecule has 0 bridgehead atoms. The first-order chi connectivity index (χ1) is 9.17. The number of halogens is 2. The molecule has 3 nitrogen and oxygen atoms in total. The van der Waals surface area contributed by atoms with E-state index in [9.17, 15) is 0 Å². The number of rotatable bonds is 2. The number of imidazole rings is 1. The highest BCUT2D eigenvalue weighted by Crippen LogP contribution is 2.30. The Morgan fingerprint density at radius 1 is 1.21 bits per heavy atom. The summed E-state index contributed by atoms with van der Waals surface area (Å²) in [6.07, 6.45) is 0. The molecular formula is C14H10BrClN2O. The minimum atomic E-state index is 0.661. The molecule has 1 N–H and O–H groups in total. The van der Waals surface area contributed by atoms with Crippen LogP contribution < -0.4 is 4.74 Å². The highest BCUT2D eigenvalue weighted by molar-refractivity contribution is 9.10. The monoisotopic (exact) mass is 336 g/mol. The molecule has 3 rings (SSSR count). The molecule has 5 heteroatoms. The summed E-state index contributed by atoms with van der Waals surface area (Å²) < 4.78 is 6.16. The number of nitrogens with one attached hydrogen (secondary N) is 1. The molecule has 0 atom stereocenters. The van der Waals surface area contributed by atoms with Crippen molar-refractivity contribution in [1.82, 2.24) is 9.97 Å². The lowest BCUT2D eigenvalue weighted by Crippen LogP contribution is -1.82. The van der Waals surface area contributed by atoms with Crippen LogP contribution in [0.1, 0.15) is 0 Å². The van der Waals surface area contributed by atoms with Crippen molar-refractivity contribution in [3.05, 3.63) is 45.9 Å². The predicted molar refractivity (Wildman–Crippen MR) is 80.8 cm³/mol. The molecule has 0 unspecified atom stereocenters. The zero-order valence-corrected chi connectivity index (χ0v) is 12.4. The lowest BCUT2D eigenvalue weighted by atomic mass is 10.2. The highest BCUT2D eigenvalue weighted by Gasteiger charge is 2.10. The van der Waals surface area contributed by atoms with Crippen LogP contribution in [-0.4, -0.2) is 17.1 Å². The number of hydrogen-bond acceptors (Lipinski definition) is 2. The second-order valence-electron chi connectivity index (χ2n) is 4.09. The fourth-order valence-electron chi connectivity index (χ4n) is 1.92. The van der Waals surface area contributed by atoms with E-state index in [0.29, 0.717) is 5.02 Å². The van der Waals surface area contributed by atoms with Gasteiger partial charge in [-0.2, -0.15) is 0 Å². The Morgan fingerprint density at radius 3 is 2.84 bits per heavy atom. The maximum absolute atomic E-state index is 6.21. The van der Waals surface area contributed by atoms with Crippen molar-refractivity contribution in [3.63, 3.8) is 0 Å². The van der Waals surface area contributed by atoms with Gasteiger partial charge < -0.3 is 9.72 Å². The normalized spacial score (nSPS) is 10.9. The molecule has 1 heterocycles. The van der Waals surface area contributed by atoms with Gasteiger partial charge in [0.1, 0.15) is 11.6 Å². The Bertz CT molecular complexity index is 754. The molecule has 0 saturated heterocycles. The van der Waals surface area contributed by atoms with E-state index in [1.165, 1.54) is 0 Å². The fraction of sp³-hybridized carbons (Fsp3) is 0.0714. The molecule has 0 amide bonds. The summed E-state index contributed by atoms with van der Waals surface area (Å²) in [5, 5.41) is 0.661. The minimum Gasteiger partial charge on any atom is -0.497 e. The smallest absolute Gasteiger partial charge is 0.140 e. The number of ether oxygens (including phenoxy) is 1.